The first-order valence-corrected chi connectivity index (χ1v) is 23.1. The first kappa shape index (κ1) is 26.2. The summed E-state index contributed by atoms with van der Waals surface area (Å²) in [7, 11) is 11.9. The Bertz CT molecular complexity index is 1300. The van der Waals surface area contributed by atoms with Crippen molar-refractivity contribution in [1.82, 2.24) is 0 Å². The molecule has 0 aliphatic rings. The van der Waals surface area contributed by atoms with Crippen molar-refractivity contribution < 1.29 is 18.0 Å². The summed E-state index contributed by atoms with van der Waals surface area (Å²) < 4.78 is 0. The van der Waals surface area contributed by atoms with Crippen LogP contribution in [0.5, 0.6) is 0 Å². The minimum atomic E-state index is -1.95. The Morgan fingerprint density at radius 2 is 1.09 bits per heavy atom. The molecule has 0 radical (unpaired) electrons. The van der Waals surface area contributed by atoms with E-state index in [4.69, 9.17) is 17.0 Å². The van der Waals surface area contributed by atoms with Crippen LogP contribution < -0.4 is 5.19 Å². The fourth-order valence-electron chi connectivity index (χ4n) is 3.88. The van der Waals surface area contributed by atoms with Crippen molar-refractivity contribution in [2.75, 3.05) is 0 Å². The van der Waals surface area contributed by atoms with Crippen LogP contribution in [0.1, 0.15) is 22.3 Å². The predicted molar refractivity (Wildman–Crippen MR) is 147 cm³/mol. The smallest absolute Gasteiger partial charge is 0.0488 e. The fraction of sp³-hybridized carbons (Fsp3) is 0.172. The first-order chi connectivity index (χ1) is 15.8. The van der Waals surface area contributed by atoms with E-state index in [2.05, 4.69) is 107 Å². The van der Waals surface area contributed by atoms with Gasteiger partial charge in [-0.1, -0.05) is 37.1 Å². The van der Waals surface area contributed by atoms with Crippen molar-refractivity contribution in [1.29, 1.82) is 0 Å². The largest absolute Gasteiger partial charge is 0.165 e. The molecule has 0 saturated carbocycles. The summed E-state index contributed by atoms with van der Waals surface area (Å²) in [4.78, 5) is 0. The van der Waals surface area contributed by atoms with Gasteiger partial charge in [-0.2, -0.15) is 12.1 Å². The van der Waals surface area contributed by atoms with Crippen molar-refractivity contribution in [3.8, 4) is 0 Å². The van der Waals surface area contributed by atoms with Crippen LogP contribution >= 0.6 is 17.0 Å². The van der Waals surface area contributed by atoms with Crippen LogP contribution in [0.2, 0.25) is 6.55 Å². The Morgan fingerprint density at radius 3 is 1.48 bits per heavy atom. The van der Waals surface area contributed by atoms with Crippen molar-refractivity contribution >= 4 is 49.2 Å². The zero-order valence-corrected chi connectivity index (χ0v) is 24.9. The molecule has 4 heteroatoms. The number of aryl methyl sites for hydroxylation is 4. The normalized spacial score (nSPS) is 10.3. The van der Waals surface area contributed by atoms with Gasteiger partial charge in [-0.3, -0.25) is 0 Å². The van der Waals surface area contributed by atoms with Gasteiger partial charge < -0.3 is 0 Å². The average molecular weight is 569 g/mol. The molecule has 33 heavy (non-hydrogen) atoms. The molecular weight excluding hydrogens is 539 g/mol. The molecule has 0 amide bonds. The van der Waals surface area contributed by atoms with Crippen molar-refractivity contribution in [3.05, 3.63) is 113 Å². The second kappa shape index (κ2) is 12.3. The van der Waals surface area contributed by atoms with Crippen LogP contribution in [0.4, 0.5) is 0 Å². The molecule has 0 fully saturated rings. The number of fused-ring (bicyclic) bond motifs is 2. The van der Waals surface area contributed by atoms with Gasteiger partial charge in [0, 0.05) is 0 Å². The monoisotopic (exact) mass is 566 g/mol. The SMILES string of the molecule is C[Si](c1ccccc1)=[Zr]([Cl])[Cl].Cc1cc2c(C)cccc2[cH-]1.Cc1cc2c(C)cccc2[cH-]1. The quantitative estimate of drug-likeness (QED) is 0.140. The van der Waals surface area contributed by atoms with Gasteiger partial charge in [0.25, 0.3) is 0 Å². The number of hydrogen-bond donors (Lipinski definition) is 0. The number of halogens is 2. The molecule has 0 aliphatic carbocycles. The molecule has 0 spiro atoms. The first-order valence-electron chi connectivity index (χ1n) is 11.1. The molecule has 170 valence electrons. The number of hydrogen-bond acceptors (Lipinski definition) is 0. The maximum absolute atomic E-state index is 5.97. The standard InChI is InChI=1S/2C11H11.C7H8Si.2ClH.Zr/c2*1-8-6-10-5-3-4-9(2)11(10)7-8;1-8-7-5-3-2-4-6-7;;;/h2*3-7H,1-2H3;2-6H,1H3;2*1H;/q2*-1;;;;+2/p-2. The Kier molecular flexibility index (Phi) is 9.77. The summed E-state index contributed by atoms with van der Waals surface area (Å²) in [6.07, 6.45) is 0. The predicted octanol–water partition coefficient (Wildman–Crippen LogP) is 8.79. The van der Waals surface area contributed by atoms with E-state index in [0.29, 0.717) is 0 Å². The molecule has 5 aromatic carbocycles. The average Bonchev–Trinajstić information content (AvgIpc) is 3.37. The molecule has 5 rings (SSSR count). The molecule has 0 heterocycles. The Hall–Kier alpha value is -1.44. The van der Waals surface area contributed by atoms with E-state index in [1.54, 1.807) is 0 Å². The van der Waals surface area contributed by atoms with E-state index in [0.717, 1.165) is 0 Å². The summed E-state index contributed by atoms with van der Waals surface area (Å²) in [6.45, 7) is 10.8. The molecule has 0 saturated heterocycles. The summed E-state index contributed by atoms with van der Waals surface area (Å²) in [5, 5.41) is 6.89. The summed E-state index contributed by atoms with van der Waals surface area (Å²) in [5.74, 6) is 0. The van der Waals surface area contributed by atoms with Gasteiger partial charge >= 0.3 is 82.5 Å². The van der Waals surface area contributed by atoms with Gasteiger partial charge in [-0.15, -0.1) is 69.1 Å². The van der Waals surface area contributed by atoms with Crippen LogP contribution in [-0.2, 0) is 18.0 Å². The third kappa shape index (κ3) is 7.27. The minimum Gasteiger partial charge on any atom is -0.165 e. The molecule has 0 unspecified atom stereocenters. The second-order valence-electron chi connectivity index (χ2n) is 8.47. The van der Waals surface area contributed by atoms with Gasteiger partial charge in [0.05, 0.1) is 0 Å². The molecule has 0 atom stereocenters. The van der Waals surface area contributed by atoms with E-state index in [1.165, 1.54) is 49.0 Å². The molecule has 0 aliphatic heterocycles. The van der Waals surface area contributed by atoms with Crippen LogP contribution in [-0.4, -0.2) is 5.43 Å². The summed E-state index contributed by atoms with van der Waals surface area (Å²) in [5.41, 5.74) is 4.90. The summed E-state index contributed by atoms with van der Waals surface area (Å²) in [6, 6.07) is 32.1. The molecule has 0 bridgehead atoms. The Labute approximate surface area is 213 Å². The topological polar surface area (TPSA) is 0 Å². The van der Waals surface area contributed by atoms with E-state index < -0.39 is 23.4 Å². The molecule has 0 nitrogen and oxygen atoms in total. The van der Waals surface area contributed by atoms with Gasteiger partial charge in [0.1, 0.15) is 0 Å². The van der Waals surface area contributed by atoms with Gasteiger partial charge in [-0.05, 0) is 13.8 Å². The maximum atomic E-state index is 5.97. The summed E-state index contributed by atoms with van der Waals surface area (Å²) >= 11 is -1.95. The van der Waals surface area contributed by atoms with Crippen LogP contribution in [0.25, 0.3) is 21.5 Å². The van der Waals surface area contributed by atoms with Crippen LogP contribution in [0.15, 0.2) is 91.0 Å². The molecule has 0 aromatic heterocycles. The number of benzene rings is 3. The van der Waals surface area contributed by atoms with E-state index in [1.807, 2.05) is 18.2 Å². The Balaban J connectivity index is 0.000000139. The maximum Gasteiger partial charge on any atom is -0.0488 e. The third-order valence-corrected chi connectivity index (χ3v) is 23.9. The van der Waals surface area contributed by atoms with Crippen LogP contribution in [0.3, 0.4) is 0 Å². The zero-order chi connectivity index (χ0) is 24.0. The van der Waals surface area contributed by atoms with E-state index >= 15 is 0 Å². The van der Waals surface area contributed by atoms with Gasteiger partial charge in [-0.25, -0.2) is 0 Å². The van der Waals surface area contributed by atoms with E-state index in [9.17, 15) is 0 Å². The van der Waals surface area contributed by atoms with E-state index in [-0.39, 0.29) is 0 Å². The molecule has 5 aromatic rings. The van der Waals surface area contributed by atoms with Gasteiger partial charge in [0.2, 0.25) is 0 Å². The second-order valence-corrected chi connectivity index (χ2v) is 29.4. The van der Waals surface area contributed by atoms with Crippen molar-refractivity contribution in [3.63, 3.8) is 0 Å². The van der Waals surface area contributed by atoms with Crippen LogP contribution in [0, 0.1) is 27.7 Å². The van der Waals surface area contributed by atoms with Gasteiger partial charge in [0.15, 0.2) is 0 Å². The fourth-order valence-corrected chi connectivity index (χ4v) is 11.5. The zero-order valence-electron chi connectivity index (χ0n) is 19.9. The molecular formula is C29H30Cl2SiZr-2. The van der Waals surface area contributed by atoms with Crippen molar-refractivity contribution in [2.24, 2.45) is 0 Å². The minimum absolute atomic E-state index is 0.557. The molecule has 0 N–H and O–H groups in total. The van der Waals surface area contributed by atoms with Crippen molar-refractivity contribution in [2.45, 2.75) is 34.2 Å². The Morgan fingerprint density at radius 1 is 0.636 bits per heavy atom. The number of rotatable bonds is 1. The third-order valence-electron chi connectivity index (χ3n) is 5.72.